The van der Waals surface area contributed by atoms with Crippen LogP contribution in [-0.4, -0.2) is 57.8 Å². The number of carbonyl (C=O) groups is 2. The average Bonchev–Trinajstić information content (AvgIpc) is 2.92. The Morgan fingerprint density at radius 3 is 2.55 bits per heavy atom. The topological polar surface area (TPSA) is 95.4 Å². The van der Waals surface area contributed by atoms with Crippen molar-refractivity contribution in [1.82, 2.24) is 20.4 Å². The van der Waals surface area contributed by atoms with Crippen LogP contribution in [-0.2, 0) is 10.2 Å². The zero-order chi connectivity index (χ0) is 20.9. The molecule has 0 unspecified atom stereocenters. The lowest BCUT2D eigenvalue weighted by Gasteiger charge is -2.34. The van der Waals surface area contributed by atoms with Crippen molar-refractivity contribution in [1.29, 1.82) is 0 Å². The Kier molecular flexibility index (Phi) is 6.59. The second-order valence-corrected chi connectivity index (χ2v) is 7.82. The van der Waals surface area contributed by atoms with Crippen molar-refractivity contribution in [2.45, 2.75) is 50.2 Å². The van der Waals surface area contributed by atoms with Crippen LogP contribution in [0.2, 0.25) is 0 Å². The quantitative estimate of drug-likeness (QED) is 0.753. The first-order valence-corrected chi connectivity index (χ1v) is 9.95. The molecule has 1 aliphatic rings. The third kappa shape index (κ3) is 4.79. The van der Waals surface area contributed by atoms with E-state index in [9.17, 15) is 14.7 Å². The van der Waals surface area contributed by atoms with E-state index in [0.717, 1.165) is 18.4 Å². The summed E-state index contributed by atoms with van der Waals surface area (Å²) in [5.41, 5.74) is 1.32. The molecular weight excluding hydrogens is 368 g/mol. The van der Waals surface area contributed by atoms with Crippen LogP contribution in [0, 0.1) is 0 Å². The van der Waals surface area contributed by atoms with Gasteiger partial charge in [-0.25, -0.2) is 0 Å². The van der Waals surface area contributed by atoms with Crippen molar-refractivity contribution in [2.24, 2.45) is 0 Å². The maximum Gasteiger partial charge on any atom is 0.255 e. The molecule has 3 atom stereocenters. The van der Waals surface area contributed by atoms with Crippen LogP contribution in [0.25, 0.3) is 0 Å². The number of aliphatic hydroxyl groups is 1. The number of hydrogen-bond donors (Lipinski definition) is 2. The highest BCUT2D eigenvalue weighted by molar-refractivity contribution is 5.93. The van der Waals surface area contributed by atoms with Gasteiger partial charge in [-0.15, -0.1) is 0 Å². The maximum absolute atomic E-state index is 12.8. The predicted molar refractivity (Wildman–Crippen MR) is 109 cm³/mol. The van der Waals surface area contributed by atoms with E-state index in [4.69, 9.17) is 0 Å². The SMILES string of the molecule is CC(=O)NC[C@]1(c2ccccc2)CC[C@H](O)[C@@H](N(C)C(=O)c2ccnnc2)CC1. The van der Waals surface area contributed by atoms with Crippen LogP contribution in [0.1, 0.15) is 48.5 Å². The van der Waals surface area contributed by atoms with Crippen molar-refractivity contribution in [3.05, 3.63) is 59.9 Å². The van der Waals surface area contributed by atoms with Crippen LogP contribution < -0.4 is 5.32 Å². The summed E-state index contributed by atoms with van der Waals surface area (Å²) in [5.74, 6) is -0.253. The smallest absolute Gasteiger partial charge is 0.255 e. The first-order chi connectivity index (χ1) is 13.9. The number of aromatic nitrogens is 2. The van der Waals surface area contributed by atoms with E-state index >= 15 is 0 Å². The lowest BCUT2D eigenvalue weighted by molar-refractivity contribution is -0.119. The minimum absolute atomic E-state index is 0.0702. The molecule has 1 saturated carbocycles. The first-order valence-electron chi connectivity index (χ1n) is 9.95. The van der Waals surface area contributed by atoms with E-state index in [1.807, 2.05) is 18.2 Å². The van der Waals surface area contributed by atoms with Gasteiger partial charge in [-0.2, -0.15) is 10.2 Å². The van der Waals surface area contributed by atoms with E-state index in [-0.39, 0.29) is 23.3 Å². The van der Waals surface area contributed by atoms with Crippen molar-refractivity contribution in [2.75, 3.05) is 13.6 Å². The number of benzene rings is 1. The Balaban J connectivity index is 1.83. The maximum atomic E-state index is 12.8. The number of likely N-dealkylation sites (N-methyl/N-ethyl adjacent to an activating group) is 1. The summed E-state index contributed by atoms with van der Waals surface area (Å²) in [6, 6.07) is 11.4. The number of hydrogen-bond acceptors (Lipinski definition) is 5. The lowest BCUT2D eigenvalue weighted by atomic mass is 9.74. The molecule has 29 heavy (non-hydrogen) atoms. The molecule has 1 aliphatic carbocycles. The standard InChI is InChI=1S/C22H28N4O3/c1-16(27)23-15-22(18-6-4-3-5-7-18)11-8-19(20(28)9-12-22)26(2)21(29)17-10-13-24-25-14-17/h3-7,10,13-14,19-20,28H,8-9,11-12,15H2,1-2H3,(H,23,27)/t19-,20-,22+/m0/s1. The van der Waals surface area contributed by atoms with Crippen LogP contribution in [0.15, 0.2) is 48.8 Å². The third-order valence-corrected chi connectivity index (χ3v) is 5.99. The zero-order valence-corrected chi connectivity index (χ0v) is 16.9. The summed E-state index contributed by atoms with van der Waals surface area (Å²) in [5, 5.41) is 21.3. The number of nitrogens with one attached hydrogen (secondary N) is 1. The second kappa shape index (κ2) is 9.13. The van der Waals surface area contributed by atoms with Gasteiger partial charge in [0, 0.05) is 25.9 Å². The van der Waals surface area contributed by atoms with Crippen molar-refractivity contribution >= 4 is 11.8 Å². The lowest BCUT2D eigenvalue weighted by Crippen LogP contribution is -2.44. The number of amides is 2. The first kappa shape index (κ1) is 20.9. The molecular formula is C22H28N4O3. The Hall–Kier alpha value is -2.80. The third-order valence-electron chi connectivity index (χ3n) is 5.99. The van der Waals surface area contributed by atoms with Gasteiger partial charge in [0.25, 0.3) is 5.91 Å². The van der Waals surface area contributed by atoms with Gasteiger partial charge in [-0.3, -0.25) is 9.59 Å². The average molecular weight is 396 g/mol. The fourth-order valence-electron chi connectivity index (χ4n) is 4.23. The van der Waals surface area contributed by atoms with E-state index in [1.54, 1.807) is 18.0 Å². The Morgan fingerprint density at radius 2 is 1.90 bits per heavy atom. The molecule has 0 aliphatic heterocycles. The fraction of sp³-hybridized carbons (Fsp3) is 0.455. The predicted octanol–water partition coefficient (Wildman–Crippen LogP) is 1.93. The summed E-state index contributed by atoms with van der Waals surface area (Å²) in [6.07, 6.45) is 4.95. The monoisotopic (exact) mass is 396 g/mol. The van der Waals surface area contributed by atoms with Gasteiger partial charge >= 0.3 is 0 Å². The minimum Gasteiger partial charge on any atom is -0.391 e. The van der Waals surface area contributed by atoms with E-state index < -0.39 is 6.10 Å². The summed E-state index contributed by atoms with van der Waals surface area (Å²) >= 11 is 0. The van der Waals surface area contributed by atoms with Crippen molar-refractivity contribution in [3.63, 3.8) is 0 Å². The molecule has 0 saturated heterocycles. The van der Waals surface area contributed by atoms with Crippen LogP contribution in [0.4, 0.5) is 0 Å². The summed E-state index contributed by atoms with van der Waals surface area (Å²) in [7, 11) is 1.72. The molecule has 3 rings (SSSR count). The molecule has 0 radical (unpaired) electrons. The Labute approximate surface area is 171 Å². The van der Waals surface area contributed by atoms with Gasteiger partial charge in [0.2, 0.25) is 5.91 Å². The molecule has 7 heteroatoms. The second-order valence-electron chi connectivity index (χ2n) is 7.82. The van der Waals surface area contributed by atoms with Gasteiger partial charge in [0.1, 0.15) is 0 Å². The van der Waals surface area contributed by atoms with Crippen LogP contribution in [0.3, 0.4) is 0 Å². The van der Waals surface area contributed by atoms with E-state index in [1.165, 1.54) is 19.3 Å². The molecule has 2 N–H and O–H groups in total. The Bertz CT molecular complexity index is 830. The zero-order valence-electron chi connectivity index (χ0n) is 16.9. The molecule has 2 amide bonds. The molecule has 1 fully saturated rings. The number of carbonyl (C=O) groups excluding carboxylic acids is 2. The van der Waals surface area contributed by atoms with Crippen molar-refractivity contribution in [3.8, 4) is 0 Å². The molecule has 2 aromatic rings. The summed E-state index contributed by atoms with van der Waals surface area (Å²) in [6.45, 7) is 2.03. The number of aliphatic hydroxyl groups excluding tert-OH is 1. The highest BCUT2D eigenvalue weighted by Gasteiger charge is 2.40. The van der Waals surface area contributed by atoms with Crippen molar-refractivity contribution < 1.29 is 14.7 Å². The number of nitrogens with zero attached hydrogens (tertiary/aromatic N) is 3. The molecule has 154 valence electrons. The van der Waals surface area contributed by atoms with Gasteiger partial charge in [-0.1, -0.05) is 30.3 Å². The molecule has 1 aromatic carbocycles. The molecule has 7 nitrogen and oxygen atoms in total. The minimum atomic E-state index is -0.637. The molecule has 0 spiro atoms. The van der Waals surface area contributed by atoms with E-state index in [0.29, 0.717) is 24.9 Å². The highest BCUT2D eigenvalue weighted by Crippen LogP contribution is 2.39. The molecule has 0 bridgehead atoms. The van der Waals surface area contributed by atoms with E-state index in [2.05, 4.69) is 27.6 Å². The fourth-order valence-corrected chi connectivity index (χ4v) is 4.23. The largest absolute Gasteiger partial charge is 0.391 e. The van der Waals surface area contributed by atoms with Gasteiger partial charge < -0.3 is 15.3 Å². The highest BCUT2D eigenvalue weighted by atomic mass is 16.3. The van der Waals surface area contributed by atoms with Crippen LogP contribution in [0.5, 0.6) is 0 Å². The van der Waals surface area contributed by atoms with Crippen LogP contribution >= 0.6 is 0 Å². The number of rotatable bonds is 5. The summed E-state index contributed by atoms with van der Waals surface area (Å²) in [4.78, 5) is 26.1. The summed E-state index contributed by atoms with van der Waals surface area (Å²) < 4.78 is 0. The Morgan fingerprint density at radius 1 is 1.17 bits per heavy atom. The molecule has 1 heterocycles. The normalized spacial score (nSPS) is 24.4. The van der Waals surface area contributed by atoms with Gasteiger partial charge in [-0.05, 0) is 37.3 Å². The van der Waals surface area contributed by atoms with Gasteiger partial charge in [0.15, 0.2) is 0 Å². The molecule has 1 aromatic heterocycles. The van der Waals surface area contributed by atoms with Gasteiger partial charge in [0.05, 0.1) is 30.1 Å².